The Labute approximate surface area is 138 Å². The van der Waals surface area contributed by atoms with Gasteiger partial charge in [-0.15, -0.1) is 0 Å². The maximum atomic E-state index is 13.6. The van der Waals surface area contributed by atoms with Gasteiger partial charge in [0.05, 0.1) is 11.6 Å². The topological polar surface area (TPSA) is 57.0 Å². The van der Waals surface area contributed by atoms with E-state index in [1.54, 1.807) is 17.7 Å². The van der Waals surface area contributed by atoms with Crippen LogP contribution in [0.15, 0.2) is 18.2 Å². The molecule has 0 spiro atoms. The molecule has 0 unspecified atom stereocenters. The van der Waals surface area contributed by atoms with Crippen LogP contribution in [0, 0.1) is 11.7 Å². The van der Waals surface area contributed by atoms with Crippen molar-refractivity contribution in [2.45, 2.75) is 32.7 Å². The number of carbonyl (C=O) groups excluding carboxylic acids is 1. The van der Waals surface area contributed by atoms with Crippen LogP contribution in [0.25, 0.3) is 11.4 Å². The highest BCUT2D eigenvalue weighted by Crippen LogP contribution is 2.31. The zero-order valence-corrected chi connectivity index (χ0v) is 13.5. The van der Waals surface area contributed by atoms with Gasteiger partial charge >= 0.3 is 5.97 Å². The number of nitrogens with zero attached hydrogens (tertiary/aromatic N) is 3. The lowest BCUT2D eigenvalue weighted by Crippen LogP contribution is -2.14. The first-order chi connectivity index (χ1) is 11.1. The van der Waals surface area contributed by atoms with E-state index in [1.165, 1.54) is 12.1 Å². The summed E-state index contributed by atoms with van der Waals surface area (Å²) in [6.45, 7) is 2.80. The largest absolute Gasteiger partial charge is 0.466 e. The number of aromatic nitrogens is 3. The van der Waals surface area contributed by atoms with Crippen molar-refractivity contribution in [2.24, 2.45) is 5.92 Å². The van der Waals surface area contributed by atoms with E-state index in [2.05, 4.69) is 10.1 Å². The Morgan fingerprint density at radius 1 is 1.48 bits per heavy atom. The molecule has 1 aromatic carbocycles. The molecule has 2 aromatic rings. The predicted octanol–water partition coefficient (Wildman–Crippen LogP) is 3.25. The van der Waals surface area contributed by atoms with Gasteiger partial charge in [0.15, 0.2) is 5.82 Å². The fraction of sp³-hybridized carbons (Fsp3) is 0.438. The molecule has 7 heteroatoms. The van der Waals surface area contributed by atoms with Gasteiger partial charge in [-0.2, -0.15) is 5.10 Å². The molecule has 122 valence electrons. The predicted molar refractivity (Wildman–Crippen MR) is 83.5 cm³/mol. The van der Waals surface area contributed by atoms with E-state index in [0.717, 1.165) is 19.4 Å². The first-order valence-corrected chi connectivity index (χ1v) is 7.99. The highest BCUT2D eigenvalue weighted by molar-refractivity contribution is 6.30. The van der Waals surface area contributed by atoms with Gasteiger partial charge in [0, 0.05) is 12.1 Å². The van der Waals surface area contributed by atoms with E-state index in [9.17, 15) is 9.18 Å². The summed E-state index contributed by atoms with van der Waals surface area (Å²) in [6, 6.07) is 4.43. The quantitative estimate of drug-likeness (QED) is 0.759. The number of benzene rings is 1. The second kappa shape index (κ2) is 6.66. The number of esters is 1. The van der Waals surface area contributed by atoms with Crippen LogP contribution in [0.5, 0.6) is 0 Å². The van der Waals surface area contributed by atoms with Crippen LogP contribution in [0.2, 0.25) is 5.02 Å². The van der Waals surface area contributed by atoms with E-state index in [4.69, 9.17) is 16.3 Å². The first-order valence-electron chi connectivity index (χ1n) is 7.61. The van der Waals surface area contributed by atoms with Gasteiger partial charge in [0.1, 0.15) is 18.1 Å². The monoisotopic (exact) mass is 337 g/mol. The van der Waals surface area contributed by atoms with Crippen molar-refractivity contribution in [1.29, 1.82) is 0 Å². The fourth-order valence-electron chi connectivity index (χ4n) is 2.29. The maximum absolute atomic E-state index is 13.6. The van der Waals surface area contributed by atoms with Crippen LogP contribution in [0.3, 0.4) is 0 Å². The van der Waals surface area contributed by atoms with Crippen LogP contribution < -0.4 is 0 Å². The molecule has 0 bridgehead atoms. The van der Waals surface area contributed by atoms with Gasteiger partial charge in [-0.3, -0.25) is 4.79 Å². The summed E-state index contributed by atoms with van der Waals surface area (Å²) >= 11 is 5.70. The molecule has 0 radical (unpaired) electrons. The number of hydrogen-bond donors (Lipinski definition) is 0. The minimum atomic E-state index is -0.519. The van der Waals surface area contributed by atoms with Crippen LogP contribution >= 0.6 is 11.6 Å². The molecular formula is C16H17ClFN3O2. The van der Waals surface area contributed by atoms with Gasteiger partial charge in [0.2, 0.25) is 0 Å². The van der Waals surface area contributed by atoms with Gasteiger partial charge in [-0.25, -0.2) is 14.1 Å². The molecule has 3 rings (SSSR count). The van der Waals surface area contributed by atoms with E-state index in [1.807, 2.05) is 0 Å². The molecule has 1 fully saturated rings. The standard InChI is InChI=1S/C16H17ClFN3O2/c1-2-23-15(22)8-14-19-16(20-21(14)9-10-3-4-10)11-5-6-12(17)13(18)7-11/h5-7,10H,2-4,8-9H2,1H3. The van der Waals surface area contributed by atoms with Gasteiger partial charge in [0.25, 0.3) is 0 Å². The number of rotatable bonds is 6. The molecule has 0 amide bonds. The minimum absolute atomic E-state index is 0.0536. The number of hydrogen-bond acceptors (Lipinski definition) is 4. The zero-order valence-electron chi connectivity index (χ0n) is 12.8. The normalized spacial score (nSPS) is 14.0. The highest BCUT2D eigenvalue weighted by Gasteiger charge is 2.25. The molecule has 1 heterocycles. The zero-order chi connectivity index (χ0) is 16.4. The molecular weight excluding hydrogens is 321 g/mol. The van der Waals surface area contributed by atoms with Crippen molar-refractivity contribution in [3.63, 3.8) is 0 Å². The van der Waals surface area contributed by atoms with Gasteiger partial charge < -0.3 is 4.74 Å². The summed E-state index contributed by atoms with van der Waals surface area (Å²) in [4.78, 5) is 16.1. The number of halogens is 2. The Bertz CT molecular complexity index is 728. The van der Waals surface area contributed by atoms with Crippen molar-refractivity contribution < 1.29 is 13.9 Å². The number of carbonyl (C=O) groups is 1. The smallest absolute Gasteiger partial charge is 0.313 e. The molecule has 0 aliphatic heterocycles. The highest BCUT2D eigenvalue weighted by atomic mass is 35.5. The summed E-state index contributed by atoms with van der Waals surface area (Å²) in [5.41, 5.74) is 0.534. The SMILES string of the molecule is CCOC(=O)Cc1nc(-c2ccc(Cl)c(F)c2)nn1CC1CC1. The van der Waals surface area contributed by atoms with Crippen LogP contribution in [-0.4, -0.2) is 27.3 Å². The molecule has 1 saturated carbocycles. The molecule has 0 atom stereocenters. The molecule has 23 heavy (non-hydrogen) atoms. The van der Waals surface area contributed by atoms with E-state index in [-0.39, 0.29) is 17.4 Å². The average Bonchev–Trinajstić information content (AvgIpc) is 3.24. The van der Waals surface area contributed by atoms with Crippen molar-refractivity contribution in [3.05, 3.63) is 34.9 Å². The fourth-order valence-corrected chi connectivity index (χ4v) is 2.41. The summed E-state index contributed by atoms with van der Waals surface area (Å²) < 4.78 is 20.3. The van der Waals surface area contributed by atoms with Crippen LogP contribution in [0.4, 0.5) is 4.39 Å². The summed E-state index contributed by atoms with van der Waals surface area (Å²) in [5, 5.41) is 4.49. The lowest BCUT2D eigenvalue weighted by Gasteiger charge is -2.04. The van der Waals surface area contributed by atoms with Crippen LogP contribution in [-0.2, 0) is 22.5 Å². The Balaban J connectivity index is 1.89. The third kappa shape index (κ3) is 3.88. The average molecular weight is 338 g/mol. The van der Waals surface area contributed by atoms with Crippen molar-refractivity contribution in [3.8, 4) is 11.4 Å². The molecule has 1 aromatic heterocycles. The molecule has 0 N–H and O–H groups in total. The van der Waals surface area contributed by atoms with E-state index >= 15 is 0 Å². The second-order valence-corrected chi connectivity index (χ2v) is 6.00. The molecule has 1 aliphatic rings. The van der Waals surface area contributed by atoms with Crippen molar-refractivity contribution in [1.82, 2.24) is 14.8 Å². The molecule has 5 nitrogen and oxygen atoms in total. The third-order valence-corrected chi connectivity index (χ3v) is 3.97. The molecule has 1 aliphatic carbocycles. The van der Waals surface area contributed by atoms with Gasteiger partial charge in [-0.1, -0.05) is 11.6 Å². The van der Waals surface area contributed by atoms with Crippen molar-refractivity contribution >= 4 is 17.6 Å². The number of ether oxygens (including phenoxy) is 1. The first kappa shape index (κ1) is 15.9. The maximum Gasteiger partial charge on any atom is 0.313 e. The van der Waals surface area contributed by atoms with Gasteiger partial charge in [-0.05, 0) is 43.9 Å². The summed E-state index contributed by atoms with van der Waals surface area (Å²) in [5.74, 6) is 0.647. The van der Waals surface area contributed by atoms with E-state index in [0.29, 0.717) is 29.7 Å². The Hall–Kier alpha value is -1.95. The Kier molecular flexibility index (Phi) is 4.61. The lowest BCUT2D eigenvalue weighted by atomic mass is 10.2. The lowest BCUT2D eigenvalue weighted by molar-refractivity contribution is -0.142. The summed E-state index contributed by atoms with van der Waals surface area (Å²) in [6.07, 6.45) is 2.37. The third-order valence-electron chi connectivity index (χ3n) is 3.66. The van der Waals surface area contributed by atoms with Crippen LogP contribution in [0.1, 0.15) is 25.6 Å². The van der Waals surface area contributed by atoms with E-state index < -0.39 is 5.82 Å². The summed E-state index contributed by atoms with van der Waals surface area (Å²) in [7, 11) is 0. The Morgan fingerprint density at radius 3 is 2.91 bits per heavy atom. The molecule has 0 saturated heterocycles. The second-order valence-electron chi connectivity index (χ2n) is 5.59. The Morgan fingerprint density at radius 2 is 2.26 bits per heavy atom. The minimum Gasteiger partial charge on any atom is -0.466 e. The van der Waals surface area contributed by atoms with Crippen molar-refractivity contribution in [2.75, 3.05) is 6.61 Å².